The first-order valence-electron chi connectivity index (χ1n) is 5.74. The summed E-state index contributed by atoms with van der Waals surface area (Å²) in [6, 6.07) is 5.08. The van der Waals surface area contributed by atoms with Gasteiger partial charge in [-0.2, -0.15) is 0 Å². The smallest absolute Gasteiger partial charge is 0.273 e. The maximum absolute atomic E-state index is 10.9. The average molecular weight is 255 g/mol. The highest BCUT2D eigenvalue weighted by Gasteiger charge is 2.27. The fraction of sp³-hybridized carbons (Fsp3) is 0.500. The van der Waals surface area contributed by atoms with E-state index in [4.69, 9.17) is 11.6 Å². The molecule has 0 radical (unpaired) electrons. The van der Waals surface area contributed by atoms with E-state index in [1.54, 1.807) is 12.1 Å². The first-order valence-corrected chi connectivity index (χ1v) is 6.12. The lowest BCUT2D eigenvalue weighted by Crippen LogP contribution is -2.27. The lowest BCUT2D eigenvalue weighted by molar-refractivity contribution is -0.385. The Morgan fingerprint density at radius 2 is 2.29 bits per heavy atom. The zero-order chi connectivity index (χ0) is 12.4. The van der Waals surface area contributed by atoms with Gasteiger partial charge in [-0.25, -0.2) is 0 Å². The molecule has 1 fully saturated rings. The van der Waals surface area contributed by atoms with E-state index in [9.17, 15) is 10.1 Å². The normalized spacial score (nSPS) is 16.8. The first-order chi connectivity index (χ1) is 8.08. The van der Waals surface area contributed by atoms with Crippen LogP contribution in [0.5, 0.6) is 0 Å². The first kappa shape index (κ1) is 12.3. The van der Waals surface area contributed by atoms with Gasteiger partial charge in [-0.05, 0) is 37.8 Å². The average Bonchev–Trinajstić information content (AvgIpc) is 3.09. The fourth-order valence-electron chi connectivity index (χ4n) is 1.91. The van der Waals surface area contributed by atoms with Crippen LogP contribution in [0.15, 0.2) is 18.2 Å². The Morgan fingerprint density at radius 3 is 2.88 bits per heavy atom. The lowest BCUT2D eigenvalue weighted by atomic mass is 10.1. The molecule has 0 bridgehead atoms. The zero-order valence-corrected chi connectivity index (χ0v) is 10.4. The van der Waals surface area contributed by atoms with Gasteiger partial charge >= 0.3 is 0 Å². The zero-order valence-electron chi connectivity index (χ0n) is 9.65. The van der Waals surface area contributed by atoms with E-state index < -0.39 is 0 Å². The summed E-state index contributed by atoms with van der Waals surface area (Å²) in [5.74, 6) is 0.730. The van der Waals surface area contributed by atoms with E-state index in [-0.39, 0.29) is 10.6 Å². The van der Waals surface area contributed by atoms with Crippen molar-refractivity contribution in [1.82, 2.24) is 5.32 Å². The van der Waals surface area contributed by atoms with Gasteiger partial charge in [0.1, 0.15) is 0 Å². The van der Waals surface area contributed by atoms with E-state index in [1.807, 2.05) is 0 Å². The Bertz CT molecular complexity index is 433. The number of benzene rings is 1. The number of hydrogen-bond donors (Lipinski definition) is 1. The molecule has 1 atom stereocenters. The van der Waals surface area contributed by atoms with Crippen LogP contribution >= 0.6 is 11.6 Å². The molecule has 1 saturated carbocycles. The molecule has 2 rings (SSSR count). The standard InChI is InChI=1S/C12H15ClN2O2/c1-8(9-2-3-9)14-7-10-6-11(13)4-5-12(10)15(16)17/h4-6,8-9,14H,2-3,7H2,1H3/t8-/m0/s1. The third-order valence-electron chi connectivity index (χ3n) is 3.18. The molecule has 92 valence electrons. The van der Waals surface area contributed by atoms with Crippen molar-refractivity contribution in [2.75, 3.05) is 0 Å². The van der Waals surface area contributed by atoms with Crippen molar-refractivity contribution in [3.05, 3.63) is 38.9 Å². The predicted molar refractivity (Wildman–Crippen MR) is 67.1 cm³/mol. The van der Waals surface area contributed by atoms with E-state index in [1.165, 1.54) is 18.9 Å². The van der Waals surface area contributed by atoms with Crippen molar-refractivity contribution >= 4 is 17.3 Å². The number of rotatable bonds is 5. The quantitative estimate of drug-likeness (QED) is 0.649. The molecule has 1 aromatic rings. The summed E-state index contributed by atoms with van der Waals surface area (Å²) in [6.45, 7) is 2.61. The van der Waals surface area contributed by atoms with E-state index in [0.29, 0.717) is 23.2 Å². The number of halogens is 1. The van der Waals surface area contributed by atoms with Crippen molar-refractivity contribution < 1.29 is 4.92 Å². The van der Waals surface area contributed by atoms with Gasteiger partial charge in [0.05, 0.1) is 4.92 Å². The SMILES string of the molecule is C[C@H](NCc1cc(Cl)ccc1[N+](=O)[O-])C1CC1. The number of nitrogens with zero attached hydrogens (tertiary/aromatic N) is 1. The Morgan fingerprint density at radius 1 is 1.59 bits per heavy atom. The maximum Gasteiger partial charge on any atom is 0.273 e. The van der Waals surface area contributed by atoms with Crippen LogP contribution in [0.2, 0.25) is 5.02 Å². The van der Waals surface area contributed by atoms with Crippen LogP contribution in [0, 0.1) is 16.0 Å². The van der Waals surface area contributed by atoms with Crippen molar-refractivity contribution in [2.45, 2.75) is 32.4 Å². The number of nitrogens with one attached hydrogen (secondary N) is 1. The van der Waals surface area contributed by atoms with Crippen LogP contribution in [-0.4, -0.2) is 11.0 Å². The second-order valence-corrected chi connectivity index (χ2v) is 4.97. The Balaban J connectivity index is 2.07. The molecule has 5 heteroatoms. The summed E-state index contributed by atoms with van der Waals surface area (Å²) in [4.78, 5) is 10.5. The van der Waals surface area contributed by atoms with Gasteiger partial charge in [-0.15, -0.1) is 0 Å². The van der Waals surface area contributed by atoms with Gasteiger partial charge in [0.15, 0.2) is 0 Å². The van der Waals surface area contributed by atoms with Crippen LogP contribution in [0.1, 0.15) is 25.3 Å². The molecule has 1 N–H and O–H groups in total. The molecule has 1 aromatic carbocycles. The summed E-state index contributed by atoms with van der Waals surface area (Å²) in [7, 11) is 0. The van der Waals surface area contributed by atoms with Gasteiger partial charge < -0.3 is 5.32 Å². The molecular weight excluding hydrogens is 240 g/mol. The molecule has 0 unspecified atom stereocenters. The van der Waals surface area contributed by atoms with Crippen molar-refractivity contribution in [1.29, 1.82) is 0 Å². The summed E-state index contributed by atoms with van der Waals surface area (Å²) >= 11 is 5.86. The Kier molecular flexibility index (Phi) is 3.64. The molecule has 0 saturated heterocycles. The van der Waals surface area contributed by atoms with Gasteiger partial charge in [0, 0.05) is 29.2 Å². The number of nitro groups is 1. The molecule has 0 spiro atoms. The Labute approximate surface area is 105 Å². The second kappa shape index (κ2) is 5.02. The van der Waals surface area contributed by atoms with Crippen LogP contribution < -0.4 is 5.32 Å². The molecule has 1 aliphatic rings. The number of nitro benzene ring substituents is 1. The molecule has 17 heavy (non-hydrogen) atoms. The van der Waals surface area contributed by atoms with E-state index in [2.05, 4.69) is 12.2 Å². The minimum Gasteiger partial charge on any atom is -0.310 e. The largest absolute Gasteiger partial charge is 0.310 e. The Hall–Kier alpha value is -1.13. The molecule has 1 aliphatic carbocycles. The fourth-order valence-corrected chi connectivity index (χ4v) is 2.10. The lowest BCUT2D eigenvalue weighted by Gasteiger charge is -2.12. The highest BCUT2D eigenvalue weighted by molar-refractivity contribution is 6.30. The molecule has 0 aliphatic heterocycles. The minimum atomic E-state index is -0.366. The van der Waals surface area contributed by atoms with Gasteiger partial charge in [-0.3, -0.25) is 10.1 Å². The van der Waals surface area contributed by atoms with E-state index in [0.717, 1.165) is 5.92 Å². The summed E-state index contributed by atoms with van der Waals surface area (Å²) < 4.78 is 0. The van der Waals surface area contributed by atoms with Crippen LogP contribution in [0.25, 0.3) is 0 Å². The predicted octanol–water partition coefficient (Wildman–Crippen LogP) is 3.14. The van der Waals surface area contributed by atoms with Gasteiger partial charge in [0.25, 0.3) is 5.69 Å². The van der Waals surface area contributed by atoms with Gasteiger partial charge in [0.2, 0.25) is 0 Å². The summed E-state index contributed by atoms with van der Waals surface area (Å²) in [5.41, 5.74) is 0.778. The topological polar surface area (TPSA) is 55.2 Å². The second-order valence-electron chi connectivity index (χ2n) is 4.54. The van der Waals surface area contributed by atoms with Crippen molar-refractivity contribution in [2.24, 2.45) is 5.92 Å². The number of hydrogen-bond acceptors (Lipinski definition) is 3. The van der Waals surface area contributed by atoms with E-state index >= 15 is 0 Å². The molecule has 0 heterocycles. The minimum absolute atomic E-state index is 0.130. The molecule has 0 amide bonds. The summed E-state index contributed by atoms with van der Waals surface area (Å²) in [6.07, 6.45) is 2.51. The van der Waals surface area contributed by atoms with Crippen molar-refractivity contribution in [3.63, 3.8) is 0 Å². The molecular formula is C12H15ClN2O2. The highest BCUT2D eigenvalue weighted by atomic mass is 35.5. The van der Waals surface area contributed by atoms with Crippen LogP contribution in [0.4, 0.5) is 5.69 Å². The summed E-state index contributed by atoms with van der Waals surface area (Å²) in [5, 5.41) is 14.7. The maximum atomic E-state index is 10.9. The third kappa shape index (κ3) is 3.17. The third-order valence-corrected chi connectivity index (χ3v) is 3.42. The molecule has 4 nitrogen and oxygen atoms in total. The highest BCUT2D eigenvalue weighted by Crippen LogP contribution is 2.32. The van der Waals surface area contributed by atoms with Gasteiger partial charge in [-0.1, -0.05) is 11.6 Å². The van der Waals surface area contributed by atoms with Crippen LogP contribution in [-0.2, 0) is 6.54 Å². The molecule has 0 aromatic heterocycles. The monoisotopic (exact) mass is 254 g/mol. The van der Waals surface area contributed by atoms with Crippen molar-refractivity contribution in [3.8, 4) is 0 Å². The van der Waals surface area contributed by atoms with Crippen LogP contribution in [0.3, 0.4) is 0 Å².